The van der Waals surface area contributed by atoms with Gasteiger partial charge in [-0.2, -0.15) is 0 Å². The standard InChI is InChI=1S/C7H5ClO.Se/c8-7(9)6-4-2-1-3-5-6;/h1-5H;. The molecule has 0 saturated carbocycles. The summed E-state index contributed by atoms with van der Waals surface area (Å²) in [5, 5.41) is -0.407. The van der Waals surface area contributed by atoms with E-state index in [0.717, 1.165) is 0 Å². The Hall–Kier alpha value is -0.301. The third kappa shape index (κ3) is 2.52. The van der Waals surface area contributed by atoms with Crippen LogP contribution in [0.3, 0.4) is 0 Å². The van der Waals surface area contributed by atoms with Crippen LogP contribution in [0.15, 0.2) is 30.3 Å². The van der Waals surface area contributed by atoms with E-state index in [1.807, 2.05) is 6.07 Å². The Morgan fingerprint density at radius 3 is 2.00 bits per heavy atom. The zero-order valence-electron chi connectivity index (χ0n) is 5.08. The minimum Gasteiger partial charge on any atom is -0.276 e. The van der Waals surface area contributed by atoms with E-state index in [2.05, 4.69) is 0 Å². The molecule has 0 spiro atoms. The van der Waals surface area contributed by atoms with Gasteiger partial charge in [0, 0.05) is 22.6 Å². The molecule has 0 amide bonds. The van der Waals surface area contributed by atoms with Gasteiger partial charge in [-0.25, -0.2) is 0 Å². The van der Waals surface area contributed by atoms with E-state index in [9.17, 15) is 4.79 Å². The van der Waals surface area contributed by atoms with E-state index in [1.165, 1.54) is 0 Å². The SMILES string of the molecule is O=C(Cl)c1ccccc1.[Se]. The largest absolute Gasteiger partial charge is 0.276 e. The summed E-state index contributed by atoms with van der Waals surface area (Å²) in [4.78, 5) is 10.4. The van der Waals surface area contributed by atoms with Gasteiger partial charge in [0.15, 0.2) is 0 Å². The first kappa shape index (κ1) is 9.70. The minimum atomic E-state index is -0.407. The van der Waals surface area contributed by atoms with E-state index in [-0.39, 0.29) is 17.1 Å². The second kappa shape index (κ2) is 4.50. The summed E-state index contributed by atoms with van der Waals surface area (Å²) < 4.78 is 0. The number of rotatable bonds is 1. The molecule has 0 aliphatic heterocycles. The van der Waals surface area contributed by atoms with Gasteiger partial charge in [-0.05, 0) is 11.6 Å². The molecule has 0 heterocycles. The van der Waals surface area contributed by atoms with E-state index < -0.39 is 5.24 Å². The van der Waals surface area contributed by atoms with Crippen LogP contribution in [0, 0.1) is 0 Å². The van der Waals surface area contributed by atoms with Crippen molar-refractivity contribution in [1.82, 2.24) is 0 Å². The van der Waals surface area contributed by atoms with Gasteiger partial charge in [0.05, 0.1) is 0 Å². The molecular weight excluding hydrogens is 214 g/mol. The molecule has 1 rings (SSSR count). The van der Waals surface area contributed by atoms with Crippen LogP contribution in [-0.2, 0) is 0 Å². The Bertz CT molecular complexity index is 210. The molecule has 0 fully saturated rings. The summed E-state index contributed by atoms with van der Waals surface area (Å²) in [6, 6.07) is 8.74. The molecule has 0 aliphatic carbocycles. The van der Waals surface area contributed by atoms with E-state index in [1.54, 1.807) is 24.3 Å². The zero-order chi connectivity index (χ0) is 6.69. The molecule has 10 heavy (non-hydrogen) atoms. The molecule has 0 unspecified atom stereocenters. The van der Waals surface area contributed by atoms with Crippen molar-refractivity contribution in [2.24, 2.45) is 0 Å². The third-order valence-electron chi connectivity index (χ3n) is 1.00. The summed E-state index contributed by atoms with van der Waals surface area (Å²) >= 11 is 5.16. The number of benzene rings is 1. The molecule has 0 aliphatic rings. The van der Waals surface area contributed by atoms with Gasteiger partial charge >= 0.3 is 0 Å². The Morgan fingerprint density at radius 2 is 1.70 bits per heavy atom. The van der Waals surface area contributed by atoms with Crippen LogP contribution in [0.2, 0.25) is 0 Å². The summed E-state index contributed by atoms with van der Waals surface area (Å²) in [6.07, 6.45) is 0. The first-order valence-electron chi connectivity index (χ1n) is 2.55. The minimum absolute atomic E-state index is 0. The van der Waals surface area contributed by atoms with Gasteiger partial charge in [0.2, 0.25) is 0 Å². The number of carbonyl (C=O) groups excluding carboxylic acids is 1. The second-order valence-corrected chi connectivity index (χ2v) is 1.98. The number of halogens is 1. The molecule has 2 radical (unpaired) electrons. The summed E-state index contributed by atoms with van der Waals surface area (Å²) in [5.74, 6) is 0. The smallest absolute Gasteiger partial charge is 0.252 e. The Balaban J connectivity index is 0.000000810. The Morgan fingerprint density at radius 1 is 1.20 bits per heavy atom. The van der Waals surface area contributed by atoms with Gasteiger partial charge in [0.25, 0.3) is 5.24 Å². The van der Waals surface area contributed by atoms with E-state index in [0.29, 0.717) is 5.56 Å². The van der Waals surface area contributed by atoms with Crippen LogP contribution in [0.4, 0.5) is 0 Å². The van der Waals surface area contributed by atoms with Gasteiger partial charge in [0.1, 0.15) is 0 Å². The van der Waals surface area contributed by atoms with E-state index >= 15 is 0 Å². The molecule has 0 N–H and O–H groups in total. The predicted octanol–water partition coefficient (Wildman–Crippen LogP) is 1.68. The van der Waals surface area contributed by atoms with Crippen molar-refractivity contribution in [1.29, 1.82) is 0 Å². The number of hydrogen-bond donors (Lipinski definition) is 0. The Labute approximate surface area is 74.9 Å². The van der Waals surface area contributed by atoms with E-state index in [4.69, 9.17) is 11.6 Å². The van der Waals surface area contributed by atoms with Crippen LogP contribution in [0.5, 0.6) is 0 Å². The summed E-state index contributed by atoms with van der Waals surface area (Å²) in [6.45, 7) is 0. The monoisotopic (exact) mass is 220 g/mol. The number of hydrogen-bond acceptors (Lipinski definition) is 1. The first-order chi connectivity index (χ1) is 4.30. The van der Waals surface area contributed by atoms with Crippen LogP contribution in [0.1, 0.15) is 10.4 Å². The van der Waals surface area contributed by atoms with Gasteiger partial charge in [-0.15, -0.1) is 0 Å². The quantitative estimate of drug-likeness (QED) is 0.519. The molecule has 0 saturated heterocycles. The normalized spacial score (nSPS) is 8.10. The first-order valence-corrected chi connectivity index (χ1v) is 2.93. The Kier molecular flexibility index (Phi) is 4.37. The predicted molar refractivity (Wildman–Crippen MR) is 42.4 cm³/mol. The molecular formula is C7H5ClOSe. The maximum atomic E-state index is 10.4. The van der Waals surface area contributed by atoms with Crippen LogP contribution < -0.4 is 0 Å². The molecule has 0 atom stereocenters. The fraction of sp³-hybridized carbons (Fsp3) is 0. The van der Waals surface area contributed by atoms with Crippen molar-refractivity contribution < 1.29 is 4.79 Å². The van der Waals surface area contributed by atoms with Gasteiger partial charge < -0.3 is 0 Å². The molecule has 1 nitrogen and oxygen atoms in total. The maximum absolute atomic E-state index is 10.4. The second-order valence-electron chi connectivity index (χ2n) is 1.64. The van der Waals surface area contributed by atoms with Crippen molar-refractivity contribution in [3.8, 4) is 0 Å². The molecule has 52 valence electrons. The van der Waals surface area contributed by atoms with Crippen LogP contribution >= 0.6 is 11.6 Å². The molecule has 3 heteroatoms. The number of carbonyl (C=O) groups is 1. The molecule has 0 bridgehead atoms. The van der Waals surface area contributed by atoms with Crippen LogP contribution in [-0.4, -0.2) is 22.3 Å². The third-order valence-corrected chi connectivity index (χ3v) is 1.22. The molecule has 1 aromatic rings. The topological polar surface area (TPSA) is 17.1 Å². The molecule has 1 aromatic carbocycles. The summed E-state index contributed by atoms with van der Waals surface area (Å²) in [5.41, 5.74) is 0.541. The summed E-state index contributed by atoms with van der Waals surface area (Å²) in [7, 11) is 0. The van der Waals surface area contributed by atoms with Crippen molar-refractivity contribution >= 4 is 33.9 Å². The average Bonchev–Trinajstić information content (AvgIpc) is 1.90. The van der Waals surface area contributed by atoms with Crippen LogP contribution in [0.25, 0.3) is 0 Å². The van der Waals surface area contributed by atoms with Crippen molar-refractivity contribution in [3.05, 3.63) is 35.9 Å². The zero-order valence-corrected chi connectivity index (χ0v) is 7.55. The van der Waals surface area contributed by atoms with Crippen molar-refractivity contribution in [2.45, 2.75) is 0 Å². The van der Waals surface area contributed by atoms with Gasteiger partial charge in [-0.1, -0.05) is 30.3 Å². The maximum Gasteiger partial charge on any atom is 0.252 e. The van der Waals surface area contributed by atoms with Gasteiger partial charge in [-0.3, -0.25) is 4.79 Å². The van der Waals surface area contributed by atoms with Crippen molar-refractivity contribution in [2.75, 3.05) is 0 Å². The average molecular weight is 220 g/mol. The molecule has 0 aromatic heterocycles. The fourth-order valence-corrected chi connectivity index (χ4v) is 0.695. The fourth-order valence-electron chi connectivity index (χ4n) is 0.569. The van der Waals surface area contributed by atoms with Crippen molar-refractivity contribution in [3.63, 3.8) is 0 Å².